The van der Waals surface area contributed by atoms with Crippen LogP contribution in [0.1, 0.15) is 10.5 Å². The lowest BCUT2D eigenvalue weighted by molar-refractivity contribution is 0.0690. The number of benzene rings is 2. The zero-order valence-corrected chi connectivity index (χ0v) is 11.3. The molecule has 20 heavy (non-hydrogen) atoms. The Morgan fingerprint density at radius 1 is 1.00 bits per heavy atom. The minimum Gasteiger partial charge on any atom is -0.477 e. The molecule has 0 fully saturated rings. The maximum absolute atomic E-state index is 11.2. The number of pyridine rings is 1. The summed E-state index contributed by atoms with van der Waals surface area (Å²) in [6.45, 7) is 0. The molecule has 3 rings (SSSR count). The number of rotatable bonds is 3. The summed E-state index contributed by atoms with van der Waals surface area (Å²) in [5.41, 5.74) is 0.0714. The molecule has 0 amide bonds. The monoisotopic (exact) mass is 281 g/mol. The topological polar surface area (TPSA) is 50.2 Å². The first-order valence-corrected chi connectivity index (χ1v) is 6.92. The largest absolute Gasteiger partial charge is 0.477 e. The van der Waals surface area contributed by atoms with E-state index in [9.17, 15) is 4.79 Å². The van der Waals surface area contributed by atoms with Crippen LogP contribution in [0.3, 0.4) is 0 Å². The molecule has 98 valence electrons. The molecule has 2 aromatic carbocycles. The first-order chi connectivity index (χ1) is 9.74. The van der Waals surface area contributed by atoms with Crippen molar-refractivity contribution < 1.29 is 9.90 Å². The average molecular weight is 281 g/mol. The first kappa shape index (κ1) is 12.7. The molecule has 4 heteroatoms. The highest BCUT2D eigenvalue weighted by atomic mass is 32.2. The molecule has 0 bridgehead atoms. The summed E-state index contributed by atoms with van der Waals surface area (Å²) < 4.78 is 0. The second kappa shape index (κ2) is 5.35. The molecule has 0 unspecified atom stereocenters. The zero-order valence-electron chi connectivity index (χ0n) is 10.5. The number of fused-ring (bicyclic) bond motifs is 1. The van der Waals surface area contributed by atoms with E-state index in [-0.39, 0.29) is 5.69 Å². The van der Waals surface area contributed by atoms with Gasteiger partial charge in [0, 0.05) is 10.3 Å². The van der Waals surface area contributed by atoms with Gasteiger partial charge in [-0.3, -0.25) is 0 Å². The Bertz CT molecular complexity index is 772. The van der Waals surface area contributed by atoms with E-state index in [4.69, 9.17) is 5.11 Å². The number of hydrogen-bond donors (Lipinski definition) is 1. The van der Waals surface area contributed by atoms with E-state index in [0.29, 0.717) is 5.03 Å². The summed E-state index contributed by atoms with van der Waals surface area (Å²) in [7, 11) is 0. The van der Waals surface area contributed by atoms with E-state index in [2.05, 4.69) is 4.98 Å². The van der Waals surface area contributed by atoms with Crippen LogP contribution in [0.15, 0.2) is 70.6 Å². The van der Waals surface area contributed by atoms with E-state index in [1.807, 2.05) is 54.6 Å². The minimum absolute atomic E-state index is 0.0714. The summed E-state index contributed by atoms with van der Waals surface area (Å²) in [5, 5.41) is 11.7. The van der Waals surface area contributed by atoms with Gasteiger partial charge in [-0.1, -0.05) is 54.2 Å². The van der Waals surface area contributed by atoms with Gasteiger partial charge in [-0.15, -0.1) is 0 Å². The fourth-order valence-electron chi connectivity index (χ4n) is 1.95. The van der Waals surface area contributed by atoms with Crippen LogP contribution < -0.4 is 0 Å². The van der Waals surface area contributed by atoms with Crippen LogP contribution in [-0.2, 0) is 0 Å². The van der Waals surface area contributed by atoms with Gasteiger partial charge in [0.2, 0.25) is 0 Å². The third kappa shape index (κ3) is 2.51. The first-order valence-electron chi connectivity index (χ1n) is 6.10. The van der Waals surface area contributed by atoms with Gasteiger partial charge < -0.3 is 5.11 Å². The molecule has 0 spiro atoms. The maximum atomic E-state index is 11.2. The lowest BCUT2D eigenvalue weighted by Crippen LogP contribution is -2.01. The summed E-state index contributed by atoms with van der Waals surface area (Å²) >= 11 is 1.47. The Morgan fingerprint density at radius 3 is 2.45 bits per heavy atom. The molecule has 0 aliphatic carbocycles. The highest BCUT2D eigenvalue weighted by Crippen LogP contribution is 2.32. The quantitative estimate of drug-likeness (QED) is 0.785. The van der Waals surface area contributed by atoms with Crippen LogP contribution in [0.25, 0.3) is 10.8 Å². The molecule has 3 nitrogen and oxygen atoms in total. The Morgan fingerprint density at radius 2 is 1.70 bits per heavy atom. The van der Waals surface area contributed by atoms with Crippen LogP contribution in [0.5, 0.6) is 0 Å². The van der Waals surface area contributed by atoms with Crippen molar-refractivity contribution in [3.05, 3.63) is 66.4 Å². The molecule has 1 heterocycles. The van der Waals surface area contributed by atoms with Crippen LogP contribution in [-0.4, -0.2) is 16.1 Å². The van der Waals surface area contributed by atoms with Crippen molar-refractivity contribution >= 4 is 28.5 Å². The Balaban J connectivity index is 2.15. The van der Waals surface area contributed by atoms with E-state index < -0.39 is 5.97 Å². The van der Waals surface area contributed by atoms with Crippen molar-refractivity contribution in [2.24, 2.45) is 0 Å². The third-order valence-corrected chi connectivity index (χ3v) is 3.89. The lowest BCUT2D eigenvalue weighted by atomic mass is 10.1. The maximum Gasteiger partial charge on any atom is 0.354 e. The number of carbonyl (C=O) groups is 1. The molecule has 1 N–H and O–H groups in total. The highest BCUT2D eigenvalue weighted by molar-refractivity contribution is 7.99. The van der Waals surface area contributed by atoms with E-state index in [1.54, 1.807) is 6.07 Å². The number of carboxylic acid groups (broad SMARTS) is 1. The van der Waals surface area contributed by atoms with Crippen molar-refractivity contribution in [2.45, 2.75) is 9.92 Å². The predicted molar refractivity (Wildman–Crippen MR) is 79.3 cm³/mol. The van der Waals surface area contributed by atoms with Crippen LogP contribution in [0, 0.1) is 0 Å². The molecule has 0 radical (unpaired) electrons. The van der Waals surface area contributed by atoms with Gasteiger partial charge in [0.25, 0.3) is 0 Å². The van der Waals surface area contributed by atoms with Crippen molar-refractivity contribution in [3.63, 3.8) is 0 Å². The fourth-order valence-corrected chi connectivity index (χ4v) is 2.91. The van der Waals surface area contributed by atoms with E-state index >= 15 is 0 Å². The third-order valence-electron chi connectivity index (χ3n) is 2.88. The summed E-state index contributed by atoms with van der Waals surface area (Å²) in [4.78, 5) is 16.5. The number of hydrogen-bond acceptors (Lipinski definition) is 3. The standard InChI is InChI=1S/C16H11NO2S/c18-16(19)14-10-11-6-4-5-9-13(11)15(17-14)20-12-7-2-1-3-8-12/h1-10H,(H,18,19). The van der Waals surface area contributed by atoms with Gasteiger partial charge in [-0.2, -0.15) is 0 Å². The van der Waals surface area contributed by atoms with Gasteiger partial charge in [0.1, 0.15) is 10.7 Å². The summed E-state index contributed by atoms with van der Waals surface area (Å²) in [6.07, 6.45) is 0. The van der Waals surface area contributed by atoms with Gasteiger partial charge in [-0.25, -0.2) is 9.78 Å². The molecule has 0 atom stereocenters. The molecular weight excluding hydrogens is 270 g/mol. The van der Waals surface area contributed by atoms with Crippen molar-refractivity contribution in [1.82, 2.24) is 4.98 Å². The van der Waals surface area contributed by atoms with Crippen LogP contribution in [0.4, 0.5) is 0 Å². The smallest absolute Gasteiger partial charge is 0.354 e. The average Bonchev–Trinajstić information content (AvgIpc) is 2.48. The van der Waals surface area contributed by atoms with Gasteiger partial charge in [0.05, 0.1) is 0 Å². The van der Waals surface area contributed by atoms with Gasteiger partial charge in [-0.05, 0) is 23.6 Å². The second-order valence-electron chi connectivity index (χ2n) is 4.25. The van der Waals surface area contributed by atoms with Crippen molar-refractivity contribution in [1.29, 1.82) is 0 Å². The number of aromatic carboxylic acids is 1. The predicted octanol–water partition coefficient (Wildman–Crippen LogP) is 4.08. The zero-order chi connectivity index (χ0) is 13.9. The normalized spacial score (nSPS) is 10.6. The van der Waals surface area contributed by atoms with Crippen molar-refractivity contribution in [2.75, 3.05) is 0 Å². The molecule has 1 aromatic heterocycles. The van der Waals surface area contributed by atoms with Crippen molar-refractivity contribution in [3.8, 4) is 0 Å². The number of nitrogens with zero attached hydrogens (tertiary/aromatic N) is 1. The Kier molecular flexibility index (Phi) is 3.39. The Hall–Kier alpha value is -2.33. The van der Waals surface area contributed by atoms with E-state index in [1.165, 1.54) is 11.8 Å². The fraction of sp³-hybridized carbons (Fsp3) is 0. The van der Waals surface area contributed by atoms with Gasteiger partial charge in [0.15, 0.2) is 0 Å². The molecule has 0 aliphatic rings. The van der Waals surface area contributed by atoms with Gasteiger partial charge >= 0.3 is 5.97 Å². The van der Waals surface area contributed by atoms with Crippen LogP contribution in [0.2, 0.25) is 0 Å². The molecular formula is C16H11NO2S. The summed E-state index contributed by atoms with van der Waals surface area (Å²) in [5.74, 6) is -1.01. The molecule has 3 aromatic rings. The van der Waals surface area contributed by atoms with Crippen LogP contribution >= 0.6 is 11.8 Å². The minimum atomic E-state index is -1.01. The number of aromatic nitrogens is 1. The highest BCUT2D eigenvalue weighted by Gasteiger charge is 2.11. The lowest BCUT2D eigenvalue weighted by Gasteiger charge is -2.07. The molecule has 0 saturated heterocycles. The Labute approximate surface area is 120 Å². The second-order valence-corrected chi connectivity index (χ2v) is 5.32. The SMILES string of the molecule is O=C(O)c1cc2ccccc2c(Sc2ccccc2)n1. The molecule has 0 aliphatic heterocycles. The molecule has 0 saturated carbocycles. The summed E-state index contributed by atoms with van der Waals surface area (Å²) in [6, 6.07) is 19.1. The number of carboxylic acids is 1. The van der Waals surface area contributed by atoms with E-state index in [0.717, 1.165) is 15.7 Å².